The molecule has 7 heteroatoms. The van der Waals surface area contributed by atoms with E-state index < -0.39 is 24.3 Å². The summed E-state index contributed by atoms with van der Waals surface area (Å²) in [4.78, 5) is 22.8. The zero-order valence-electron chi connectivity index (χ0n) is 13.7. The summed E-state index contributed by atoms with van der Waals surface area (Å²) in [5, 5.41) is 0. The summed E-state index contributed by atoms with van der Waals surface area (Å²) in [5.41, 5.74) is 0.633. The second-order valence-corrected chi connectivity index (χ2v) is 5.47. The van der Waals surface area contributed by atoms with Crippen molar-refractivity contribution in [3.8, 4) is 0 Å². The molecule has 1 fully saturated rings. The molecule has 0 radical (unpaired) electrons. The smallest absolute Gasteiger partial charge is 0.333 e. The van der Waals surface area contributed by atoms with E-state index in [4.69, 9.17) is 23.4 Å². The van der Waals surface area contributed by atoms with Crippen molar-refractivity contribution in [1.29, 1.82) is 0 Å². The quantitative estimate of drug-likeness (QED) is 0.582. The highest BCUT2D eigenvalue weighted by molar-refractivity contribution is 5.87. The van der Waals surface area contributed by atoms with Gasteiger partial charge in [-0.15, -0.1) is 0 Å². The van der Waals surface area contributed by atoms with Gasteiger partial charge in [0.15, 0.2) is 5.76 Å². The Kier molecular flexibility index (Phi) is 5.94. The first-order chi connectivity index (χ1) is 11.4. The average Bonchev–Trinajstić information content (AvgIpc) is 3.02. The zero-order chi connectivity index (χ0) is 17.7. The number of esters is 2. The summed E-state index contributed by atoms with van der Waals surface area (Å²) < 4.78 is 26.6. The lowest BCUT2D eigenvalue weighted by atomic mass is 10.3. The van der Waals surface area contributed by atoms with Crippen molar-refractivity contribution in [1.82, 2.24) is 0 Å². The Labute approximate surface area is 139 Å². The number of rotatable bonds is 6. The van der Waals surface area contributed by atoms with Gasteiger partial charge in [0.2, 0.25) is 6.29 Å². The molecule has 0 aliphatic carbocycles. The Hall–Kier alpha value is -2.38. The summed E-state index contributed by atoms with van der Waals surface area (Å²) in [5.74, 6) is -0.0609. The SMILES string of the molecule is C=C(C)C(=O)OCc1ccc(C2OCC(OC(=O)C(=C)C)CO2)o1. The van der Waals surface area contributed by atoms with E-state index in [0.717, 1.165) is 0 Å². The standard InChI is InChI=1S/C17H20O7/c1-10(2)15(18)20-7-12-5-6-14(23-12)17-21-8-13(9-22-17)24-16(19)11(3)4/h5-6,13,17H,1,3,7-9H2,2,4H3. The van der Waals surface area contributed by atoms with Crippen molar-refractivity contribution >= 4 is 11.9 Å². The third kappa shape index (κ3) is 4.81. The van der Waals surface area contributed by atoms with Gasteiger partial charge in [-0.2, -0.15) is 0 Å². The molecule has 2 rings (SSSR count). The van der Waals surface area contributed by atoms with Crippen LogP contribution in [0, 0.1) is 0 Å². The predicted octanol–water partition coefficient (Wildman–Crippen LogP) is 2.43. The van der Waals surface area contributed by atoms with E-state index >= 15 is 0 Å². The van der Waals surface area contributed by atoms with Crippen LogP contribution in [0.4, 0.5) is 0 Å². The van der Waals surface area contributed by atoms with Crippen LogP contribution in [0.5, 0.6) is 0 Å². The molecule has 0 atom stereocenters. The number of ether oxygens (including phenoxy) is 4. The van der Waals surface area contributed by atoms with Gasteiger partial charge in [-0.1, -0.05) is 13.2 Å². The lowest BCUT2D eigenvalue weighted by Crippen LogP contribution is -2.35. The Morgan fingerprint density at radius 1 is 1.12 bits per heavy atom. The van der Waals surface area contributed by atoms with Crippen molar-refractivity contribution in [2.24, 2.45) is 0 Å². The molecule has 0 bridgehead atoms. The van der Waals surface area contributed by atoms with E-state index in [1.165, 1.54) is 0 Å². The minimum atomic E-state index is -0.699. The summed E-state index contributed by atoms with van der Waals surface area (Å²) >= 11 is 0. The van der Waals surface area contributed by atoms with Gasteiger partial charge in [0, 0.05) is 11.1 Å². The molecule has 1 aliphatic heterocycles. The first-order valence-corrected chi connectivity index (χ1v) is 7.37. The van der Waals surface area contributed by atoms with Crippen LogP contribution in [0.1, 0.15) is 31.7 Å². The highest BCUT2D eigenvalue weighted by atomic mass is 16.7. The number of furan rings is 1. The molecule has 1 saturated heterocycles. The predicted molar refractivity (Wildman–Crippen MR) is 82.7 cm³/mol. The molecule has 7 nitrogen and oxygen atoms in total. The molecule has 1 aromatic rings. The maximum atomic E-state index is 11.4. The third-order valence-electron chi connectivity index (χ3n) is 3.10. The monoisotopic (exact) mass is 336 g/mol. The molecule has 0 unspecified atom stereocenters. The van der Waals surface area contributed by atoms with Crippen LogP contribution in [0.15, 0.2) is 40.9 Å². The summed E-state index contributed by atoms with van der Waals surface area (Å²) in [6.45, 7) is 10.5. The van der Waals surface area contributed by atoms with E-state index in [-0.39, 0.29) is 19.8 Å². The highest BCUT2D eigenvalue weighted by Gasteiger charge is 2.28. The van der Waals surface area contributed by atoms with Crippen LogP contribution in [-0.2, 0) is 35.1 Å². The number of carbonyl (C=O) groups is 2. The molecule has 130 valence electrons. The fourth-order valence-corrected chi connectivity index (χ4v) is 1.83. The number of carbonyl (C=O) groups excluding carboxylic acids is 2. The van der Waals surface area contributed by atoms with Gasteiger partial charge >= 0.3 is 11.9 Å². The molecule has 0 saturated carbocycles. The van der Waals surface area contributed by atoms with Gasteiger partial charge < -0.3 is 23.4 Å². The Balaban J connectivity index is 1.82. The highest BCUT2D eigenvalue weighted by Crippen LogP contribution is 2.26. The van der Waals surface area contributed by atoms with E-state index in [2.05, 4.69) is 13.2 Å². The lowest BCUT2D eigenvalue weighted by molar-refractivity contribution is -0.234. The molecule has 0 amide bonds. The Morgan fingerprint density at radius 2 is 1.75 bits per heavy atom. The van der Waals surface area contributed by atoms with Crippen LogP contribution in [0.3, 0.4) is 0 Å². The largest absolute Gasteiger partial charge is 0.457 e. The second-order valence-electron chi connectivity index (χ2n) is 5.47. The Bertz CT molecular complexity index is 635. The van der Waals surface area contributed by atoms with E-state index in [1.54, 1.807) is 26.0 Å². The van der Waals surface area contributed by atoms with Gasteiger partial charge in [-0.25, -0.2) is 9.59 Å². The van der Waals surface area contributed by atoms with Crippen LogP contribution in [0.25, 0.3) is 0 Å². The van der Waals surface area contributed by atoms with Crippen molar-refractivity contribution in [2.45, 2.75) is 32.8 Å². The van der Waals surface area contributed by atoms with E-state index in [1.807, 2.05) is 0 Å². The van der Waals surface area contributed by atoms with Crippen LogP contribution in [-0.4, -0.2) is 31.3 Å². The number of hydrogen-bond donors (Lipinski definition) is 0. The van der Waals surface area contributed by atoms with Crippen LogP contribution >= 0.6 is 0 Å². The van der Waals surface area contributed by atoms with Crippen molar-refractivity contribution in [3.63, 3.8) is 0 Å². The van der Waals surface area contributed by atoms with Gasteiger partial charge in [0.25, 0.3) is 0 Å². The van der Waals surface area contributed by atoms with E-state index in [9.17, 15) is 9.59 Å². The lowest BCUT2D eigenvalue weighted by Gasteiger charge is -2.28. The summed E-state index contributed by atoms with van der Waals surface area (Å²) in [7, 11) is 0. The molecule has 0 aromatic carbocycles. The van der Waals surface area contributed by atoms with Gasteiger partial charge in [-0.3, -0.25) is 0 Å². The normalized spacial score (nSPS) is 20.2. The topological polar surface area (TPSA) is 84.2 Å². The zero-order valence-corrected chi connectivity index (χ0v) is 13.7. The molecule has 1 aliphatic rings. The van der Waals surface area contributed by atoms with Gasteiger partial charge in [0.1, 0.15) is 18.5 Å². The molecule has 24 heavy (non-hydrogen) atoms. The third-order valence-corrected chi connectivity index (χ3v) is 3.10. The maximum absolute atomic E-state index is 11.4. The van der Waals surface area contributed by atoms with Crippen molar-refractivity contribution < 1.29 is 33.0 Å². The summed E-state index contributed by atoms with van der Waals surface area (Å²) in [6.07, 6.45) is -1.19. The fourth-order valence-electron chi connectivity index (χ4n) is 1.83. The van der Waals surface area contributed by atoms with E-state index in [0.29, 0.717) is 22.7 Å². The maximum Gasteiger partial charge on any atom is 0.333 e. The van der Waals surface area contributed by atoms with Gasteiger partial charge in [0.05, 0.1) is 13.2 Å². The molecule has 0 N–H and O–H groups in total. The summed E-state index contributed by atoms with van der Waals surface area (Å²) in [6, 6.07) is 3.34. The molecular formula is C17H20O7. The van der Waals surface area contributed by atoms with Crippen molar-refractivity contribution in [3.05, 3.63) is 48.0 Å². The first kappa shape index (κ1) is 18.0. The molecule has 1 aromatic heterocycles. The Morgan fingerprint density at radius 3 is 2.33 bits per heavy atom. The minimum absolute atomic E-state index is 0.00272. The second kappa shape index (κ2) is 7.94. The molecular weight excluding hydrogens is 316 g/mol. The minimum Gasteiger partial charge on any atom is -0.457 e. The fraction of sp³-hybridized carbons (Fsp3) is 0.412. The molecule has 0 spiro atoms. The first-order valence-electron chi connectivity index (χ1n) is 7.37. The molecule has 2 heterocycles. The average molecular weight is 336 g/mol. The van der Waals surface area contributed by atoms with Crippen LogP contribution < -0.4 is 0 Å². The number of hydrogen-bond acceptors (Lipinski definition) is 7. The van der Waals surface area contributed by atoms with Crippen LogP contribution in [0.2, 0.25) is 0 Å². The van der Waals surface area contributed by atoms with Gasteiger partial charge in [-0.05, 0) is 26.0 Å². The van der Waals surface area contributed by atoms with Crippen molar-refractivity contribution in [2.75, 3.05) is 13.2 Å².